The fourth-order valence-corrected chi connectivity index (χ4v) is 2.86. The first-order chi connectivity index (χ1) is 11.2. The van der Waals surface area contributed by atoms with E-state index in [9.17, 15) is 4.79 Å². The van der Waals surface area contributed by atoms with E-state index in [0.717, 1.165) is 31.6 Å². The number of likely N-dealkylation sites (tertiary alicyclic amines) is 1. The van der Waals surface area contributed by atoms with E-state index < -0.39 is 0 Å². The Labute approximate surface area is 136 Å². The van der Waals surface area contributed by atoms with Gasteiger partial charge in [0.15, 0.2) is 0 Å². The van der Waals surface area contributed by atoms with Crippen LogP contribution in [0.2, 0.25) is 0 Å². The second kappa shape index (κ2) is 7.22. The lowest BCUT2D eigenvalue weighted by atomic mass is 9.98. The van der Waals surface area contributed by atoms with Crippen molar-refractivity contribution in [3.05, 3.63) is 54.0 Å². The van der Waals surface area contributed by atoms with E-state index in [1.54, 1.807) is 24.5 Å². The molecule has 0 N–H and O–H groups in total. The van der Waals surface area contributed by atoms with Gasteiger partial charge in [-0.1, -0.05) is 6.07 Å². The minimum atomic E-state index is 0.0748. The molecule has 0 aromatic carbocycles. The highest BCUT2D eigenvalue weighted by atomic mass is 16.5. The molecule has 1 atom stereocenters. The number of hydrogen-bond donors (Lipinski definition) is 0. The van der Waals surface area contributed by atoms with E-state index in [0.29, 0.717) is 24.0 Å². The summed E-state index contributed by atoms with van der Waals surface area (Å²) in [5.41, 5.74) is 1.64. The number of rotatable bonds is 4. The third kappa shape index (κ3) is 4.06. The van der Waals surface area contributed by atoms with Crippen LogP contribution in [-0.2, 0) is 0 Å². The third-order valence-electron chi connectivity index (χ3n) is 4.06. The fourth-order valence-electron chi connectivity index (χ4n) is 2.86. The standard InChI is InChI=1S/C18H21N3O2/c1-14-4-2-6-17(20-14)23-13-15-5-3-11-21(12-15)18(22)16-7-9-19-10-8-16/h2,4,6-10,15H,3,5,11-13H2,1H3. The van der Waals surface area contributed by atoms with Crippen LogP contribution in [-0.4, -0.2) is 40.5 Å². The Morgan fingerprint density at radius 2 is 2.13 bits per heavy atom. The van der Waals surface area contributed by atoms with Gasteiger partial charge in [0, 0.05) is 48.7 Å². The molecule has 1 amide bonds. The predicted octanol–water partition coefficient (Wildman–Crippen LogP) is 2.72. The number of amides is 1. The molecule has 1 fully saturated rings. The molecule has 0 radical (unpaired) electrons. The molecule has 0 bridgehead atoms. The topological polar surface area (TPSA) is 55.3 Å². The molecule has 2 aromatic heterocycles. The smallest absolute Gasteiger partial charge is 0.253 e. The van der Waals surface area contributed by atoms with Gasteiger partial charge in [-0.2, -0.15) is 0 Å². The lowest BCUT2D eigenvalue weighted by Gasteiger charge is -2.32. The molecule has 3 heterocycles. The minimum absolute atomic E-state index is 0.0748. The highest BCUT2D eigenvalue weighted by Crippen LogP contribution is 2.20. The van der Waals surface area contributed by atoms with E-state index in [4.69, 9.17) is 4.74 Å². The molecule has 2 aromatic rings. The Morgan fingerprint density at radius 1 is 1.30 bits per heavy atom. The van der Waals surface area contributed by atoms with Gasteiger partial charge in [0.1, 0.15) is 0 Å². The van der Waals surface area contributed by atoms with Gasteiger partial charge in [-0.3, -0.25) is 9.78 Å². The van der Waals surface area contributed by atoms with E-state index in [2.05, 4.69) is 9.97 Å². The average Bonchev–Trinajstić information content (AvgIpc) is 2.60. The van der Waals surface area contributed by atoms with Crippen molar-refractivity contribution in [1.82, 2.24) is 14.9 Å². The maximum absolute atomic E-state index is 12.5. The van der Waals surface area contributed by atoms with Crippen LogP contribution in [0.5, 0.6) is 5.88 Å². The molecule has 1 saturated heterocycles. The SMILES string of the molecule is Cc1cccc(OCC2CCCN(C(=O)c3ccncc3)C2)n1. The molecule has 1 unspecified atom stereocenters. The first-order valence-electron chi connectivity index (χ1n) is 7.98. The molecule has 1 aliphatic heterocycles. The van der Waals surface area contributed by atoms with Crippen molar-refractivity contribution in [3.8, 4) is 5.88 Å². The Kier molecular flexibility index (Phi) is 4.86. The predicted molar refractivity (Wildman–Crippen MR) is 87.3 cm³/mol. The van der Waals surface area contributed by atoms with Crippen molar-refractivity contribution >= 4 is 5.91 Å². The zero-order chi connectivity index (χ0) is 16.1. The largest absolute Gasteiger partial charge is 0.477 e. The van der Waals surface area contributed by atoms with Crippen LogP contribution in [0, 0.1) is 12.8 Å². The molecular weight excluding hydrogens is 290 g/mol. The number of ether oxygens (including phenoxy) is 1. The molecule has 120 valence electrons. The number of aryl methyl sites for hydroxylation is 1. The van der Waals surface area contributed by atoms with Gasteiger partial charge in [0.2, 0.25) is 5.88 Å². The van der Waals surface area contributed by atoms with Crippen LogP contribution >= 0.6 is 0 Å². The van der Waals surface area contributed by atoms with Crippen molar-refractivity contribution < 1.29 is 9.53 Å². The van der Waals surface area contributed by atoms with Gasteiger partial charge in [-0.25, -0.2) is 4.98 Å². The number of hydrogen-bond acceptors (Lipinski definition) is 4. The second-order valence-corrected chi connectivity index (χ2v) is 5.92. The summed E-state index contributed by atoms with van der Waals surface area (Å²) in [5, 5.41) is 0. The minimum Gasteiger partial charge on any atom is -0.477 e. The summed E-state index contributed by atoms with van der Waals surface area (Å²) in [6, 6.07) is 9.29. The van der Waals surface area contributed by atoms with E-state index in [-0.39, 0.29) is 5.91 Å². The maximum atomic E-state index is 12.5. The van der Waals surface area contributed by atoms with Gasteiger partial charge in [0.25, 0.3) is 5.91 Å². The van der Waals surface area contributed by atoms with E-state index in [1.165, 1.54) is 0 Å². The number of piperidine rings is 1. The molecule has 0 saturated carbocycles. The summed E-state index contributed by atoms with van der Waals surface area (Å²) >= 11 is 0. The molecule has 5 heteroatoms. The molecule has 23 heavy (non-hydrogen) atoms. The molecule has 1 aliphatic rings. The van der Waals surface area contributed by atoms with Crippen LogP contribution in [0.3, 0.4) is 0 Å². The van der Waals surface area contributed by atoms with E-state index >= 15 is 0 Å². The van der Waals surface area contributed by atoms with Gasteiger partial charge < -0.3 is 9.64 Å². The number of nitrogens with zero attached hydrogens (tertiary/aromatic N) is 3. The fraction of sp³-hybridized carbons (Fsp3) is 0.389. The second-order valence-electron chi connectivity index (χ2n) is 5.92. The van der Waals surface area contributed by atoms with E-state index in [1.807, 2.05) is 30.0 Å². The Balaban J connectivity index is 1.57. The van der Waals surface area contributed by atoms with Crippen LogP contribution in [0.15, 0.2) is 42.7 Å². The molecular formula is C18H21N3O2. The summed E-state index contributed by atoms with van der Waals surface area (Å²) < 4.78 is 5.80. The third-order valence-corrected chi connectivity index (χ3v) is 4.06. The summed E-state index contributed by atoms with van der Waals surface area (Å²) in [5.74, 6) is 1.07. The van der Waals surface area contributed by atoms with Crippen molar-refractivity contribution in [2.24, 2.45) is 5.92 Å². The molecule has 3 rings (SSSR count). The summed E-state index contributed by atoms with van der Waals surface area (Å²) in [6.45, 7) is 4.08. The van der Waals surface area contributed by atoms with Gasteiger partial charge >= 0.3 is 0 Å². The summed E-state index contributed by atoms with van der Waals surface area (Å²) in [4.78, 5) is 22.7. The highest BCUT2D eigenvalue weighted by molar-refractivity contribution is 5.94. The molecule has 0 spiro atoms. The molecule has 0 aliphatic carbocycles. The first-order valence-corrected chi connectivity index (χ1v) is 7.98. The molecule has 5 nitrogen and oxygen atoms in total. The van der Waals surface area contributed by atoms with Crippen LogP contribution in [0.4, 0.5) is 0 Å². The van der Waals surface area contributed by atoms with Crippen molar-refractivity contribution in [1.29, 1.82) is 0 Å². The van der Waals surface area contributed by atoms with Gasteiger partial charge in [-0.15, -0.1) is 0 Å². The van der Waals surface area contributed by atoms with Crippen molar-refractivity contribution in [2.45, 2.75) is 19.8 Å². The zero-order valence-electron chi connectivity index (χ0n) is 13.3. The monoisotopic (exact) mass is 311 g/mol. The lowest BCUT2D eigenvalue weighted by Crippen LogP contribution is -2.41. The Bertz CT molecular complexity index is 660. The number of carbonyl (C=O) groups excluding carboxylic acids is 1. The maximum Gasteiger partial charge on any atom is 0.253 e. The van der Waals surface area contributed by atoms with Crippen LogP contribution in [0.1, 0.15) is 28.9 Å². The highest BCUT2D eigenvalue weighted by Gasteiger charge is 2.25. The lowest BCUT2D eigenvalue weighted by molar-refractivity contribution is 0.0631. The Morgan fingerprint density at radius 3 is 2.91 bits per heavy atom. The number of carbonyl (C=O) groups is 1. The van der Waals surface area contributed by atoms with Gasteiger partial charge in [0.05, 0.1) is 6.61 Å². The van der Waals surface area contributed by atoms with Crippen molar-refractivity contribution in [3.63, 3.8) is 0 Å². The van der Waals surface area contributed by atoms with Crippen LogP contribution < -0.4 is 4.74 Å². The average molecular weight is 311 g/mol. The summed E-state index contributed by atoms with van der Waals surface area (Å²) in [7, 11) is 0. The van der Waals surface area contributed by atoms with Crippen molar-refractivity contribution in [2.75, 3.05) is 19.7 Å². The zero-order valence-corrected chi connectivity index (χ0v) is 13.3. The van der Waals surface area contributed by atoms with Gasteiger partial charge in [-0.05, 0) is 38.0 Å². The van der Waals surface area contributed by atoms with Crippen LogP contribution in [0.25, 0.3) is 0 Å². The number of pyridine rings is 2. The normalized spacial score (nSPS) is 17.8. The quantitative estimate of drug-likeness (QED) is 0.871. The first kappa shape index (κ1) is 15.5. The summed E-state index contributed by atoms with van der Waals surface area (Å²) in [6.07, 6.45) is 5.39. The number of aromatic nitrogens is 2. The Hall–Kier alpha value is -2.43.